The highest BCUT2D eigenvalue weighted by molar-refractivity contribution is 6.07. The number of unbranched alkanes of at least 4 members (excludes halogenated alkanes) is 3. The van der Waals surface area contributed by atoms with Gasteiger partial charge in [-0.2, -0.15) is 0 Å². The second kappa shape index (κ2) is 9.44. The van der Waals surface area contributed by atoms with Gasteiger partial charge in [0.25, 0.3) is 0 Å². The lowest BCUT2D eigenvalue weighted by Crippen LogP contribution is -2.05. The van der Waals surface area contributed by atoms with E-state index in [0.29, 0.717) is 12.8 Å². The molecule has 2 rings (SSSR count). The monoisotopic (exact) mass is 330 g/mol. The van der Waals surface area contributed by atoms with Gasteiger partial charge in [-0.25, -0.2) is 0 Å². The van der Waals surface area contributed by atoms with Crippen molar-refractivity contribution in [3.63, 3.8) is 0 Å². The predicted molar refractivity (Wildman–Crippen MR) is 92.4 cm³/mol. The maximum atomic E-state index is 12.0. The number of allylic oxidation sites excluding steroid dienone is 3. The van der Waals surface area contributed by atoms with E-state index in [2.05, 4.69) is 18.8 Å². The Balaban J connectivity index is 1.78. The lowest BCUT2D eigenvalue weighted by molar-refractivity contribution is -0.137. The van der Waals surface area contributed by atoms with Crippen LogP contribution in [0.25, 0.3) is 0 Å². The number of ketones is 1. The van der Waals surface area contributed by atoms with Crippen LogP contribution in [0, 0.1) is 17.8 Å². The van der Waals surface area contributed by atoms with Crippen LogP contribution in [0.5, 0.6) is 0 Å². The molecule has 4 heteroatoms. The third-order valence-electron chi connectivity index (χ3n) is 4.36. The Hall–Kier alpha value is -1.86. The van der Waals surface area contributed by atoms with Crippen LogP contribution in [0.1, 0.15) is 58.3 Å². The molecule has 1 aliphatic carbocycles. The number of epoxide rings is 1. The third-order valence-corrected chi connectivity index (χ3v) is 4.36. The molecule has 0 spiro atoms. The molecule has 130 valence electrons. The van der Waals surface area contributed by atoms with Crippen molar-refractivity contribution in [3.8, 4) is 11.8 Å². The van der Waals surface area contributed by atoms with Gasteiger partial charge >= 0.3 is 5.97 Å². The number of hydrogen-bond donors (Lipinski definition) is 1. The van der Waals surface area contributed by atoms with E-state index in [4.69, 9.17) is 9.84 Å². The van der Waals surface area contributed by atoms with Crippen molar-refractivity contribution in [2.75, 3.05) is 0 Å². The molecule has 3 atom stereocenters. The molecule has 1 aliphatic heterocycles. The molecule has 0 saturated carbocycles. The second-order valence-corrected chi connectivity index (χ2v) is 6.39. The Labute approximate surface area is 144 Å². The molecule has 1 fully saturated rings. The molecule has 2 aliphatic rings. The summed E-state index contributed by atoms with van der Waals surface area (Å²) in [5, 5.41) is 8.64. The minimum atomic E-state index is -0.779. The third kappa shape index (κ3) is 5.98. The highest BCUT2D eigenvalue weighted by Crippen LogP contribution is 2.33. The van der Waals surface area contributed by atoms with Crippen molar-refractivity contribution >= 4 is 11.8 Å². The number of carboxylic acid groups (broad SMARTS) is 1. The molecular weight excluding hydrogens is 304 g/mol. The van der Waals surface area contributed by atoms with E-state index >= 15 is 0 Å². The van der Waals surface area contributed by atoms with Gasteiger partial charge in [0.2, 0.25) is 0 Å². The van der Waals surface area contributed by atoms with Gasteiger partial charge in [-0.3, -0.25) is 9.59 Å². The Morgan fingerprint density at radius 3 is 2.92 bits per heavy atom. The van der Waals surface area contributed by atoms with Crippen molar-refractivity contribution in [1.29, 1.82) is 0 Å². The first kappa shape index (κ1) is 18.5. The Bertz CT molecular complexity index is 576. The molecule has 0 bridgehead atoms. The van der Waals surface area contributed by atoms with E-state index in [0.717, 1.165) is 24.8 Å². The fraction of sp³-hybridized carbons (Fsp3) is 0.600. The van der Waals surface area contributed by atoms with Crippen molar-refractivity contribution in [3.05, 3.63) is 23.8 Å². The lowest BCUT2D eigenvalue weighted by Gasteiger charge is -2.05. The van der Waals surface area contributed by atoms with E-state index in [1.165, 1.54) is 12.8 Å². The molecule has 1 N–H and O–H groups in total. The van der Waals surface area contributed by atoms with Gasteiger partial charge in [-0.1, -0.05) is 25.8 Å². The molecule has 1 saturated heterocycles. The van der Waals surface area contributed by atoms with E-state index in [1.807, 2.05) is 12.2 Å². The number of carbonyl (C=O) groups is 2. The summed E-state index contributed by atoms with van der Waals surface area (Å²) < 4.78 is 5.54. The molecule has 4 nitrogen and oxygen atoms in total. The van der Waals surface area contributed by atoms with Crippen LogP contribution in [0.3, 0.4) is 0 Å². The van der Waals surface area contributed by atoms with Crippen LogP contribution in [0.2, 0.25) is 0 Å². The zero-order valence-corrected chi connectivity index (χ0v) is 14.3. The summed E-state index contributed by atoms with van der Waals surface area (Å²) in [7, 11) is 0. The molecule has 24 heavy (non-hydrogen) atoms. The molecular formula is C20H26O4. The Morgan fingerprint density at radius 1 is 1.33 bits per heavy atom. The molecule has 0 aromatic carbocycles. The zero-order valence-electron chi connectivity index (χ0n) is 14.3. The number of carbonyl (C=O) groups excluding carboxylic acids is 1. The smallest absolute Gasteiger partial charge is 0.303 e. The summed E-state index contributed by atoms with van der Waals surface area (Å²) in [5.74, 6) is 5.72. The summed E-state index contributed by atoms with van der Waals surface area (Å²) in [6.45, 7) is 2.17. The predicted octanol–water partition coefficient (Wildman–Crippen LogP) is 3.66. The van der Waals surface area contributed by atoms with Gasteiger partial charge in [0.05, 0.1) is 6.10 Å². The second-order valence-electron chi connectivity index (χ2n) is 6.39. The van der Waals surface area contributed by atoms with E-state index in [1.54, 1.807) is 6.08 Å². The van der Waals surface area contributed by atoms with Gasteiger partial charge in [-0.15, -0.1) is 11.8 Å². The zero-order chi connectivity index (χ0) is 17.4. The van der Waals surface area contributed by atoms with Gasteiger partial charge < -0.3 is 9.84 Å². The number of hydrogen-bond acceptors (Lipinski definition) is 3. The average molecular weight is 330 g/mol. The van der Waals surface area contributed by atoms with Gasteiger partial charge in [0.1, 0.15) is 6.10 Å². The highest BCUT2D eigenvalue weighted by atomic mass is 16.6. The summed E-state index contributed by atoms with van der Waals surface area (Å²) in [5.41, 5.74) is 0.781. The van der Waals surface area contributed by atoms with E-state index in [9.17, 15) is 9.59 Å². The summed E-state index contributed by atoms with van der Waals surface area (Å²) in [6, 6.07) is 0. The standard InChI is InChI=1S/C20H26O4/c1-2-3-4-5-6-7-9-15-12-13-17(21)16(15)14-19-18(24-19)10-8-11-20(22)23/h12-15,18-19H,2-5,8-11H2,1H3,(H,22,23)/b16-14-/t15-,18+,19+/m0/s1. The van der Waals surface area contributed by atoms with Gasteiger partial charge in [-0.05, 0) is 31.4 Å². The van der Waals surface area contributed by atoms with E-state index in [-0.39, 0.29) is 30.3 Å². The minimum absolute atomic E-state index is 0.0438. The summed E-state index contributed by atoms with van der Waals surface area (Å²) in [4.78, 5) is 22.5. The largest absolute Gasteiger partial charge is 0.481 e. The highest BCUT2D eigenvalue weighted by Gasteiger charge is 2.38. The molecule has 0 amide bonds. The fourth-order valence-electron chi connectivity index (χ4n) is 2.87. The number of rotatable bonds is 9. The van der Waals surface area contributed by atoms with Gasteiger partial charge in [0, 0.05) is 30.8 Å². The first-order valence-corrected chi connectivity index (χ1v) is 8.89. The van der Waals surface area contributed by atoms with Crippen molar-refractivity contribution in [1.82, 2.24) is 0 Å². The normalized spacial score (nSPS) is 26.5. The van der Waals surface area contributed by atoms with Crippen LogP contribution in [0.15, 0.2) is 23.8 Å². The van der Waals surface area contributed by atoms with Crippen molar-refractivity contribution in [2.45, 2.75) is 70.5 Å². The number of aliphatic carboxylic acids is 1. The average Bonchev–Trinajstić information content (AvgIpc) is 3.19. The Kier molecular flexibility index (Phi) is 7.27. The maximum Gasteiger partial charge on any atom is 0.303 e. The lowest BCUT2D eigenvalue weighted by atomic mass is 9.96. The quantitative estimate of drug-likeness (QED) is 0.303. The first-order valence-electron chi connectivity index (χ1n) is 8.89. The van der Waals surface area contributed by atoms with Crippen LogP contribution in [-0.4, -0.2) is 29.1 Å². The Morgan fingerprint density at radius 2 is 2.17 bits per heavy atom. The molecule has 0 unspecified atom stereocenters. The topological polar surface area (TPSA) is 66.9 Å². The summed E-state index contributed by atoms with van der Waals surface area (Å²) in [6.07, 6.45) is 12.1. The summed E-state index contributed by atoms with van der Waals surface area (Å²) >= 11 is 0. The van der Waals surface area contributed by atoms with Gasteiger partial charge in [0.15, 0.2) is 5.78 Å². The van der Waals surface area contributed by atoms with Crippen molar-refractivity contribution < 1.29 is 19.4 Å². The first-order chi connectivity index (χ1) is 11.6. The molecule has 0 aromatic rings. The SMILES string of the molecule is CCCCCC#CC[C@H]1C=CC(=O)/C1=C\[C@H]1O[C@@H]1CCCC(=O)O. The van der Waals surface area contributed by atoms with Crippen LogP contribution < -0.4 is 0 Å². The van der Waals surface area contributed by atoms with E-state index < -0.39 is 5.97 Å². The minimum Gasteiger partial charge on any atom is -0.481 e. The number of ether oxygens (including phenoxy) is 1. The molecule has 0 radical (unpaired) electrons. The fourth-order valence-corrected chi connectivity index (χ4v) is 2.87. The van der Waals surface area contributed by atoms with Crippen LogP contribution >= 0.6 is 0 Å². The maximum absolute atomic E-state index is 12.0. The molecule has 1 heterocycles. The van der Waals surface area contributed by atoms with Crippen LogP contribution in [-0.2, 0) is 14.3 Å². The van der Waals surface area contributed by atoms with Crippen LogP contribution in [0.4, 0.5) is 0 Å². The number of carboxylic acids is 1. The molecule has 0 aromatic heterocycles. The van der Waals surface area contributed by atoms with Crippen molar-refractivity contribution in [2.24, 2.45) is 5.92 Å².